The van der Waals surface area contributed by atoms with E-state index < -0.39 is 0 Å². The van der Waals surface area contributed by atoms with Crippen molar-refractivity contribution in [1.82, 2.24) is 5.32 Å². The molecular weight excluding hydrogens is 382 g/mol. The molecule has 1 amide bonds. The maximum Gasteiger partial charge on any atom is 0.258 e. The van der Waals surface area contributed by atoms with Crippen molar-refractivity contribution in [1.29, 1.82) is 0 Å². The first-order valence-electron chi connectivity index (χ1n) is 9.78. The Morgan fingerprint density at radius 3 is 2.31 bits per heavy atom. The molecule has 0 radical (unpaired) electrons. The Balaban J connectivity index is 1.65. The number of benzene rings is 2. The zero-order valence-electron chi connectivity index (χ0n) is 16.7. The van der Waals surface area contributed by atoms with Crippen molar-refractivity contribution < 1.29 is 14.3 Å². The van der Waals surface area contributed by atoms with Crippen LogP contribution in [0.25, 0.3) is 0 Å². The van der Waals surface area contributed by atoms with Crippen LogP contribution in [0.3, 0.4) is 0 Å². The number of aryl methyl sites for hydroxylation is 1. The van der Waals surface area contributed by atoms with E-state index in [2.05, 4.69) is 36.5 Å². The molecule has 0 saturated heterocycles. The summed E-state index contributed by atoms with van der Waals surface area (Å²) in [7, 11) is 0. The van der Waals surface area contributed by atoms with Crippen LogP contribution < -0.4 is 10.1 Å². The fourth-order valence-corrected chi connectivity index (χ4v) is 3.82. The SMILES string of the molecule is CCC(=O)c1ccc(OCC(=O)NC(c2ccc(CC)cc2)c2cccs2)cc1. The number of rotatable bonds is 9. The Kier molecular flexibility index (Phi) is 7.19. The van der Waals surface area contributed by atoms with E-state index in [1.165, 1.54) is 5.56 Å². The Hall–Kier alpha value is -2.92. The smallest absolute Gasteiger partial charge is 0.258 e. The van der Waals surface area contributed by atoms with Gasteiger partial charge in [-0.2, -0.15) is 0 Å². The normalized spacial score (nSPS) is 11.7. The summed E-state index contributed by atoms with van der Waals surface area (Å²) in [6, 6.07) is 19.0. The van der Waals surface area contributed by atoms with Gasteiger partial charge in [-0.1, -0.05) is 44.2 Å². The molecule has 1 atom stereocenters. The van der Waals surface area contributed by atoms with Gasteiger partial charge in [-0.3, -0.25) is 9.59 Å². The van der Waals surface area contributed by atoms with Crippen LogP contribution >= 0.6 is 11.3 Å². The Morgan fingerprint density at radius 2 is 1.72 bits per heavy atom. The number of nitrogens with one attached hydrogen (secondary N) is 1. The quantitative estimate of drug-likeness (QED) is 0.497. The van der Waals surface area contributed by atoms with Crippen molar-refractivity contribution >= 4 is 23.0 Å². The topological polar surface area (TPSA) is 55.4 Å². The average Bonchev–Trinajstić information content (AvgIpc) is 3.30. The van der Waals surface area contributed by atoms with E-state index in [1.807, 2.05) is 24.4 Å². The molecule has 0 fully saturated rings. The number of Topliss-reactive ketones (excluding diaryl/α,β-unsaturated/α-hetero) is 1. The van der Waals surface area contributed by atoms with Gasteiger partial charge in [0.15, 0.2) is 12.4 Å². The van der Waals surface area contributed by atoms with E-state index >= 15 is 0 Å². The monoisotopic (exact) mass is 407 g/mol. The molecular formula is C24H25NO3S. The standard InChI is InChI=1S/C24H25NO3S/c1-3-17-7-9-19(10-8-17)24(22-6-5-15-29-22)25-23(27)16-28-20-13-11-18(12-14-20)21(26)4-2/h5-15,24H,3-4,16H2,1-2H3,(H,25,27). The van der Waals surface area contributed by atoms with Gasteiger partial charge in [0.25, 0.3) is 5.91 Å². The lowest BCUT2D eigenvalue weighted by Crippen LogP contribution is -2.32. The summed E-state index contributed by atoms with van der Waals surface area (Å²) in [6.07, 6.45) is 1.44. The molecule has 0 aliphatic carbocycles. The van der Waals surface area contributed by atoms with Crippen molar-refractivity contribution in [2.24, 2.45) is 0 Å². The van der Waals surface area contributed by atoms with Crippen molar-refractivity contribution in [3.63, 3.8) is 0 Å². The zero-order chi connectivity index (χ0) is 20.6. The van der Waals surface area contributed by atoms with Crippen LogP contribution in [0.2, 0.25) is 0 Å². The van der Waals surface area contributed by atoms with Crippen LogP contribution in [0.5, 0.6) is 5.75 Å². The molecule has 3 rings (SSSR count). The predicted molar refractivity (Wildman–Crippen MR) is 117 cm³/mol. The minimum atomic E-state index is -0.207. The van der Waals surface area contributed by atoms with E-state index in [9.17, 15) is 9.59 Å². The van der Waals surface area contributed by atoms with Crippen LogP contribution in [-0.2, 0) is 11.2 Å². The number of hydrogen-bond acceptors (Lipinski definition) is 4. The first-order valence-corrected chi connectivity index (χ1v) is 10.7. The third-order valence-electron chi connectivity index (χ3n) is 4.72. The highest BCUT2D eigenvalue weighted by Gasteiger charge is 2.18. The van der Waals surface area contributed by atoms with Gasteiger partial charge < -0.3 is 10.1 Å². The number of ether oxygens (including phenoxy) is 1. The molecule has 1 N–H and O–H groups in total. The minimum Gasteiger partial charge on any atom is -0.484 e. The molecule has 29 heavy (non-hydrogen) atoms. The molecule has 0 aliphatic rings. The number of carbonyl (C=O) groups is 2. The lowest BCUT2D eigenvalue weighted by Gasteiger charge is -2.19. The second-order valence-corrected chi connectivity index (χ2v) is 7.68. The van der Waals surface area contributed by atoms with E-state index in [-0.39, 0.29) is 24.3 Å². The fraction of sp³-hybridized carbons (Fsp3) is 0.250. The third kappa shape index (κ3) is 5.55. The van der Waals surface area contributed by atoms with Gasteiger partial charge in [0.1, 0.15) is 5.75 Å². The van der Waals surface area contributed by atoms with E-state index in [1.54, 1.807) is 35.6 Å². The molecule has 0 bridgehead atoms. The number of thiophene rings is 1. The molecule has 3 aromatic rings. The lowest BCUT2D eigenvalue weighted by atomic mass is 10.0. The Morgan fingerprint density at radius 1 is 1.00 bits per heavy atom. The predicted octanol–water partition coefficient (Wildman–Crippen LogP) is 5.19. The number of hydrogen-bond donors (Lipinski definition) is 1. The van der Waals surface area contributed by atoms with Gasteiger partial charge in [-0.05, 0) is 53.3 Å². The van der Waals surface area contributed by atoms with E-state index in [0.717, 1.165) is 16.9 Å². The molecule has 0 spiro atoms. The van der Waals surface area contributed by atoms with E-state index in [0.29, 0.717) is 17.7 Å². The van der Waals surface area contributed by atoms with Crippen molar-refractivity contribution in [2.45, 2.75) is 32.7 Å². The summed E-state index contributed by atoms with van der Waals surface area (Å²) in [5.74, 6) is 0.451. The highest BCUT2D eigenvalue weighted by Crippen LogP contribution is 2.26. The Labute approximate surface area is 175 Å². The molecule has 1 aromatic heterocycles. The first-order chi connectivity index (χ1) is 14.1. The average molecular weight is 408 g/mol. The third-order valence-corrected chi connectivity index (χ3v) is 5.66. The van der Waals surface area contributed by atoms with Gasteiger partial charge in [0, 0.05) is 16.9 Å². The fourth-order valence-electron chi connectivity index (χ4n) is 3.01. The van der Waals surface area contributed by atoms with Gasteiger partial charge >= 0.3 is 0 Å². The minimum absolute atomic E-state index is 0.0853. The number of ketones is 1. The molecule has 1 heterocycles. The molecule has 5 heteroatoms. The van der Waals surface area contributed by atoms with Crippen LogP contribution in [0.15, 0.2) is 66.0 Å². The largest absolute Gasteiger partial charge is 0.484 e. The highest BCUT2D eigenvalue weighted by atomic mass is 32.1. The van der Waals surface area contributed by atoms with Gasteiger partial charge in [0.05, 0.1) is 6.04 Å². The molecule has 0 saturated carbocycles. The lowest BCUT2D eigenvalue weighted by molar-refractivity contribution is -0.123. The molecule has 150 valence electrons. The molecule has 1 unspecified atom stereocenters. The van der Waals surface area contributed by atoms with Crippen molar-refractivity contribution in [2.75, 3.05) is 6.61 Å². The summed E-state index contributed by atoms with van der Waals surface area (Å²) in [6.45, 7) is 3.86. The van der Waals surface area contributed by atoms with Crippen molar-refractivity contribution in [3.8, 4) is 5.75 Å². The van der Waals surface area contributed by atoms with Crippen LogP contribution in [-0.4, -0.2) is 18.3 Å². The zero-order valence-corrected chi connectivity index (χ0v) is 17.5. The summed E-state index contributed by atoms with van der Waals surface area (Å²) in [5, 5.41) is 5.08. The maximum absolute atomic E-state index is 12.6. The van der Waals surface area contributed by atoms with E-state index in [4.69, 9.17) is 4.74 Å². The van der Waals surface area contributed by atoms with Gasteiger partial charge in [-0.15, -0.1) is 11.3 Å². The highest BCUT2D eigenvalue weighted by molar-refractivity contribution is 7.10. The van der Waals surface area contributed by atoms with Crippen LogP contribution in [0.4, 0.5) is 0 Å². The second kappa shape index (κ2) is 10.0. The summed E-state index contributed by atoms with van der Waals surface area (Å²) >= 11 is 1.61. The first kappa shape index (κ1) is 20.8. The Bertz CT molecular complexity index is 931. The summed E-state index contributed by atoms with van der Waals surface area (Å²) in [4.78, 5) is 25.3. The second-order valence-electron chi connectivity index (χ2n) is 6.70. The van der Waals surface area contributed by atoms with Gasteiger partial charge in [0.2, 0.25) is 0 Å². The van der Waals surface area contributed by atoms with Crippen LogP contribution in [0, 0.1) is 0 Å². The number of amides is 1. The molecule has 2 aromatic carbocycles. The van der Waals surface area contributed by atoms with Crippen molar-refractivity contribution in [3.05, 3.63) is 87.6 Å². The molecule has 4 nitrogen and oxygen atoms in total. The summed E-state index contributed by atoms with van der Waals surface area (Å²) in [5.41, 5.74) is 2.95. The summed E-state index contributed by atoms with van der Waals surface area (Å²) < 4.78 is 5.61. The number of carbonyl (C=O) groups excluding carboxylic acids is 2. The molecule has 0 aliphatic heterocycles. The van der Waals surface area contributed by atoms with Crippen LogP contribution in [0.1, 0.15) is 52.7 Å². The van der Waals surface area contributed by atoms with Gasteiger partial charge in [-0.25, -0.2) is 0 Å². The maximum atomic E-state index is 12.6.